The first kappa shape index (κ1) is 14.8. The van der Waals surface area contributed by atoms with Gasteiger partial charge in [-0.25, -0.2) is 0 Å². The van der Waals surface area contributed by atoms with Crippen molar-refractivity contribution in [1.82, 2.24) is 10.3 Å². The van der Waals surface area contributed by atoms with Gasteiger partial charge in [0.25, 0.3) is 0 Å². The summed E-state index contributed by atoms with van der Waals surface area (Å²) >= 11 is 6.07. The molecule has 0 bridgehead atoms. The van der Waals surface area contributed by atoms with Crippen LogP contribution in [0, 0.1) is 6.92 Å². The van der Waals surface area contributed by atoms with E-state index >= 15 is 0 Å². The van der Waals surface area contributed by atoms with Gasteiger partial charge in [-0.1, -0.05) is 18.5 Å². The number of hydrogen-bond donors (Lipinski definition) is 1. The number of benzene rings is 1. The summed E-state index contributed by atoms with van der Waals surface area (Å²) in [6.07, 6.45) is 2.85. The molecule has 0 amide bonds. The van der Waals surface area contributed by atoms with Crippen LogP contribution in [-0.2, 0) is 6.54 Å². The molecule has 0 radical (unpaired) electrons. The summed E-state index contributed by atoms with van der Waals surface area (Å²) in [6, 6.07) is 9.46. The van der Waals surface area contributed by atoms with Gasteiger partial charge >= 0.3 is 0 Å². The molecule has 0 unspecified atom stereocenters. The van der Waals surface area contributed by atoms with Crippen LogP contribution in [0.25, 0.3) is 0 Å². The van der Waals surface area contributed by atoms with Gasteiger partial charge in [0.1, 0.15) is 11.5 Å². The molecule has 1 N–H and O–H groups in total. The molecule has 0 saturated heterocycles. The van der Waals surface area contributed by atoms with Crippen molar-refractivity contribution < 1.29 is 4.74 Å². The maximum Gasteiger partial charge on any atom is 0.148 e. The van der Waals surface area contributed by atoms with E-state index < -0.39 is 0 Å². The van der Waals surface area contributed by atoms with E-state index in [1.165, 1.54) is 0 Å². The van der Waals surface area contributed by atoms with Crippen LogP contribution >= 0.6 is 11.6 Å². The number of hydrogen-bond acceptors (Lipinski definition) is 3. The summed E-state index contributed by atoms with van der Waals surface area (Å²) in [5, 5.41) is 4.08. The highest BCUT2D eigenvalue weighted by atomic mass is 35.5. The topological polar surface area (TPSA) is 34.1 Å². The molecule has 20 heavy (non-hydrogen) atoms. The van der Waals surface area contributed by atoms with Gasteiger partial charge in [-0.05, 0) is 50.2 Å². The van der Waals surface area contributed by atoms with Gasteiger partial charge < -0.3 is 10.1 Å². The molecule has 0 spiro atoms. The van der Waals surface area contributed by atoms with Crippen LogP contribution < -0.4 is 10.1 Å². The first-order valence-corrected chi connectivity index (χ1v) is 7.17. The van der Waals surface area contributed by atoms with Crippen LogP contribution in [-0.4, -0.2) is 11.5 Å². The van der Waals surface area contributed by atoms with Crippen molar-refractivity contribution in [3.63, 3.8) is 0 Å². The highest BCUT2D eigenvalue weighted by molar-refractivity contribution is 6.30. The van der Waals surface area contributed by atoms with Gasteiger partial charge in [-0.3, -0.25) is 4.98 Å². The summed E-state index contributed by atoms with van der Waals surface area (Å²) in [4.78, 5) is 4.23. The number of nitrogens with one attached hydrogen (secondary N) is 1. The Kier molecular flexibility index (Phi) is 5.39. The van der Waals surface area contributed by atoms with E-state index in [9.17, 15) is 0 Å². The van der Waals surface area contributed by atoms with Crippen LogP contribution in [0.2, 0.25) is 5.02 Å². The molecule has 1 heterocycles. The third-order valence-corrected chi connectivity index (χ3v) is 3.18. The molecular formula is C16H19ClN2O. The molecule has 0 fully saturated rings. The number of ether oxygens (including phenoxy) is 1. The Balaban J connectivity index is 2.20. The van der Waals surface area contributed by atoms with Gasteiger partial charge in [0.05, 0.1) is 5.69 Å². The van der Waals surface area contributed by atoms with Crippen LogP contribution in [0.3, 0.4) is 0 Å². The van der Waals surface area contributed by atoms with Crippen LogP contribution in [0.4, 0.5) is 0 Å². The molecule has 3 nitrogen and oxygen atoms in total. The maximum absolute atomic E-state index is 6.07. The maximum atomic E-state index is 6.07. The normalized spacial score (nSPS) is 10.6. The van der Waals surface area contributed by atoms with Gasteiger partial charge in [0.2, 0.25) is 0 Å². The minimum Gasteiger partial charge on any atom is -0.455 e. The minimum atomic E-state index is 0.716. The summed E-state index contributed by atoms with van der Waals surface area (Å²) in [5.74, 6) is 1.58. The lowest BCUT2D eigenvalue weighted by atomic mass is 10.2. The molecule has 2 rings (SSSR count). The fourth-order valence-electron chi connectivity index (χ4n) is 1.88. The molecule has 1 aromatic carbocycles. The predicted molar refractivity (Wildman–Crippen MR) is 82.5 cm³/mol. The van der Waals surface area contributed by atoms with E-state index in [2.05, 4.69) is 17.2 Å². The number of nitrogens with zero attached hydrogens (tertiary/aromatic N) is 1. The Morgan fingerprint density at radius 3 is 2.85 bits per heavy atom. The average molecular weight is 291 g/mol. The molecule has 4 heteroatoms. The highest BCUT2D eigenvalue weighted by Crippen LogP contribution is 2.29. The second kappa shape index (κ2) is 7.27. The zero-order valence-corrected chi connectivity index (χ0v) is 12.6. The number of pyridine rings is 1. The van der Waals surface area contributed by atoms with E-state index in [1.54, 1.807) is 6.20 Å². The standard InChI is InChI=1S/C16H19ClN2O/c1-3-8-18-11-13-10-14(17)6-7-16(13)20-15-5-4-9-19-12(15)2/h4-7,9-10,18H,3,8,11H2,1-2H3. The van der Waals surface area contributed by atoms with Crippen LogP contribution in [0.5, 0.6) is 11.5 Å². The Labute approximate surface area is 124 Å². The van der Waals surface area contributed by atoms with Crippen LogP contribution in [0.1, 0.15) is 24.6 Å². The largest absolute Gasteiger partial charge is 0.455 e. The van der Waals surface area contributed by atoms with Gasteiger partial charge in [-0.2, -0.15) is 0 Å². The smallest absolute Gasteiger partial charge is 0.148 e. The molecule has 0 aliphatic rings. The second-order valence-corrected chi connectivity index (χ2v) is 5.05. The van der Waals surface area contributed by atoms with Crippen molar-refractivity contribution in [2.75, 3.05) is 6.54 Å². The number of aromatic nitrogens is 1. The van der Waals surface area contributed by atoms with Gasteiger partial charge in [0, 0.05) is 23.3 Å². The molecule has 2 aromatic rings. The number of rotatable bonds is 6. The van der Waals surface area contributed by atoms with Gasteiger partial charge in [0.15, 0.2) is 0 Å². The van der Waals surface area contributed by atoms with E-state index in [1.807, 2.05) is 37.3 Å². The molecule has 0 saturated carbocycles. The lowest BCUT2D eigenvalue weighted by Crippen LogP contribution is -2.14. The lowest BCUT2D eigenvalue weighted by Gasteiger charge is -2.13. The van der Waals surface area contributed by atoms with E-state index in [-0.39, 0.29) is 0 Å². The van der Waals surface area contributed by atoms with E-state index in [4.69, 9.17) is 16.3 Å². The quantitative estimate of drug-likeness (QED) is 0.804. The number of halogens is 1. The third kappa shape index (κ3) is 3.95. The summed E-state index contributed by atoms with van der Waals surface area (Å²) in [6.45, 7) is 5.78. The van der Waals surface area contributed by atoms with Crippen molar-refractivity contribution in [3.05, 3.63) is 52.8 Å². The monoisotopic (exact) mass is 290 g/mol. The Bertz CT molecular complexity index is 572. The second-order valence-electron chi connectivity index (χ2n) is 4.62. The summed E-state index contributed by atoms with van der Waals surface area (Å²) in [7, 11) is 0. The van der Waals surface area contributed by atoms with Crippen molar-refractivity contribution in [1.29, 1.82) is 0 Å². The lowest BCUT2D eigenvalue weighted by molar-refractivity contribution is 0.466. The predicted octanol–water partition coefficient (Wildman–Crippen LogP) is 4.34. The van der Waals surface area contributed by atoms with Crippen LogP contribution in [0.15, 0.2) is 36.5 Å². The average Bonchev–Trinajstić information content (AvgIpc) is 2.44. The van der Waals surface area contributed by atoms with E-state index in [0.29, 0.717) is 5.02 Å². The molecule has 1 aromatic heterocycles. The molecule has 106 valence electrons. The fourth-order valence-corrected chi connectivity index (χ4v) is 2.08. The Hall–Kier alpha value is -1.58. The van der Waals surface area contributed by atoms with Crippen molar-refractivity contribution in [2.24, 2.45) is 0 Å². The number of aryl methyl sites for hydroxylation is 1. The molecule has 0 atom stereocenters. The van der Waals surface area contributed by atoms with Crippen molar-refractivity contribution >= 4 is 11.6 Å². The van der Waals surface area contributed by atoms with Crippen molar-refractivity contribution in [2.45, 2.75) is 26.8 Å². The zero-order valence-electron chi connectivity index (χ0n) is 11.8. The minimum absolute atomic E-state index is 0.716. The summed E-state index contributed by atoms with van der Waals surface area (Å²) in [5.41, 5.74) is 1.92. The van der Waals surface area contributed by atoms with Gasteiger partial charge in [-0.15, -0.1) is 0 Å². The Morgan fingerprint density at radius 2 is 2.10 bits per heavy atom. The summed E-state index contributed by atoms with van der Waals surface area (Å²) < 4.78 is 5.96. The Morgan fingerprint density at radius 1 is 1.25 bits per heavy atom. The SMILES string of the molecule is CCCNCc1cc(Cl)ccc1Oc1cccnc1C. The first-order valence-electron chi connectivity index (χ1n) is 6.79. The third-order valence-electron chi connectivity index (χ3n) is 2.94. The fraction of sp³-hybridized carbons (Fsp3) is 0.312. The first-order chi connectivity index (χ1) is 9.70. The molecule has 0 aliphatic carbocycles. The van der Waals surface area contributed by atoms with Crippen molar-refractivity contribution in [3.8, 4) is 11.5 Å². The molecule has 0 aliphatic heterocycles. The molecular weight excluding hydrogens is 272 g/mol. The zero-order chi connectivity index (χ0) is 14.4. The highest BCUT2D eigenvalue weighted by Gasteiger charge is 2.08. The van der Waals surface area contributed by atoms with E-state index in [0.717, 1.165) is 42.3 Å².